The molecule has 3 heterocycles. The molecule has 4 heteroatoms. The van der Waals surface area contributed by atoms with Gasteiger partial charge in [-0.25, -0.2) is 4.98 Å². The smallest absolute Gasteiger partial charge is 0.147 e. The molecule has 0 aliphatic carbocycles. The van der Waals surface area contributed by atoms with Gasteiger partial charge in [-0.2, -0.15) is 0 Å². The first-order valence-electron chi connectivity index (χ1n) is 21.0. The minimum Gasteiger partial charge on any atom is -0.456 e. The fourth-order valence-electron chi connectivity index (χ4n) is 9.51. The third kappa shape index (κ3) is 5.40. The lowest BCUT2D eigenvalue weighted by atomic mass is 9.94. The summed E-state index contributed by atoms with van der Waals surface area (Å²) in [6.07, 6.45) is 1.91. The van der Waals surface area contributed by atoms with Gasteiger partial charge in [-0.1, -0.05) is 164 Å². The number of para-hydroxylation sites is 2. The monoisotopic (exact) mass is 790 g/mol. The van der Waals surface area contributed by atoms with E-state index in [0.717, 1.165) is 121 Å². The number of nitrogens with zero attached hydrogens (tertiary/aromatic N) is 2. The molecule has 0 radical (unpaired) electrons. The molecule has 3 aromatic heterocycles. The van der Waals surface area contributed by atoms with Crippen molar-refractivity contribution >= 4 is 76.5 Å². The van der Waals surface area contributed by atoms with Crippen LogP contribution in [-0.2, 0) is 0 Å². The molecule has 0 bridgehead atoms. The van der Waals surface area contributed by atoms with E-state index in [0.29, 0.717) is 0 Å². The molecule has 0 spiro atoms. The summed E-state index contributed by atoms with van der Waals surface area (Å²) in [6.45, 7) is 0. The molecular formula is C58H34N2O2. The Hall–Kier alpha value is -8.34. The highest BCUT2D eigenvalue weighted by atomic mass is 16.3. The van der Waals surface area contributed by atoms with Gasteiger partial charge >= 0.3 is 0 Å². The molecule has 0 saturated heterocycles. The van der Waals surface area contributed by atoms with Crippen LogP contribution in [-0.4, -0.2) is 9.97 Å². The Morgan fingerprint density at radius 1 is 0.306 bits per heavy atom. The highest BCUT2D eigenvalue weighted by Crippen LogP contribution is 2.42. The van der Waals surface area contributed by atoms with Crippen LogP contribution in [0.15, 0.2) is 215 Å². The molecule has 0 aliphatic heterocycles. The third-order valence-corrected chi connectivity index (χ3v) is 12.5. The molecule has 0 atom stereocenters. The van der Waals surface area contributed by atoms with Gasteiger partial charge < -0.3 is 8.83 Å². The SMILES string of the molecule is c1cc(-c2ccc(-c3cccc4c3oc3c4ccc4oc5ccccc5c43)cc2)cc(-c2cccc(-c3cccc(-c4cnc5c6ccccc6c6ccccc6c5n4)c3)c2)c1. The zero-order chi connectivity index (χ0) is 40.7. The van der Waals surface area contributed by atoms with Crippen LogP contribution in [0.2, 0.25) is 0 Å². The molecular weight excluding hydrogens is 757 g/mol. The van der Waals surface area contributed by atoms with Gasteiger partial charge in [0.25, 0.3) is 0 Å². The molecule has 62 heavy (non-hydrogen) atoms. The van der Waals surface area contributed by atoms with E-state index in [1.807, 2.05) is 24.4 Å². The maximum atomic E-state index is 6.74. The van der Waals surface area contributed by atoms with Gasteiger partial charge in [0.05, 0.1) is 28.3 Å². The summed E-state index contributed by atoms with van der Waals surface area (Å²) in [4.78, 5) is 10.3. The second-order valence-corrected chi connectivity index (χ2v) is 16.1. The maximum Gasteiger partial charge on any atom is 0.147 e. The van der Waals surface area contributed by atoms with Gasteiger partial charge in [0.1, 0.15) is 22.3 Å². The van der Waals surface area contributed by atoms with Crippen molar-refractivity contribution in [2.75, 3.05) is 0 Å². The average Bonchev–Trinajstić information content (AvgIpc) is 3.93. The van der Waals surface area contributed by atoms with Crippen molar-refractivity contribution < 1.29 is 8.83 Å². The quantitative estimate of drug-likeness (QED) is 0.163. The molecule has 0 unspecified atom stereocenters. The van der Waals surface area contributed by atoms with Crippen molar-refractivity contribution in [2.24, 2.45) is 0 Å². The molecule has 0 N–H and O–H groups in total. The molecule has 13 rings (SSSR count). The molecule has 288 valence electrons. The van der Waals surface area contributed by atoms with Crippen molar-refractivity contribution in [1.82, 2.24) is 9.97 Å². The molecule has 10 aromatic carbocycles. The summed E-state index contributed by atoms with van der Waals surface area (Å²) in [7, 11) is 0. The summed E-state index contributed by atoms with van der Waals surface area (Å²) in [5.41, 5.74) is 16.3. The number of hydrogen-bond donors (Lipinski definition) is 0. The topological polar surface area (TPSA) is 52.1 Å². The fourth-order valence-corrected chi connectivity index (χ4v) is 9.51. The summed E-state index contributed by atoms with van der Waals surface area (Å²) in [6, 6.07) is 70.7. The first-order chi connectivity index (χ1) is 30.7. The van der Waals surface area contributed by atoms with E-state index in [1.54, 1.807) is 0 Å². The predicted octanol–water partition coefficient (Wildman–Crippen LogP) is 16.1. The van der Waals surface area contributed by atoms with E-state index < -0.39 is 0 Å². The normalized spacial score (nSPS) is 11.9. The predicted molar refractivity (Wildman–Crippen MR) is 256 cm³/mol. The zero-order valence-corrected chi connectivity index (χ0v) is 33.3. The van der Waals surface area contributed by atoms with Gasteiger partial charge in [0.2, 0.25) is 0 Å². The minimum absolute atomic E-state index is 0.835. The number of fused-ring (bicyclic) bond motifs is 13. The Morgan fingerprint density at radius 3 is 1.52 bits per heavy atom. The molecule has 0 saturated carbocycles. The fraction of sp³-hybridized carbons (Fsp3) is 0. The molecule has 4 nitrogen and oxygen atoms in total. The van der Waals surface area contributed by atoms with Crippen molar-refractivity contribution in [3.63, 3.8) is 0 Å². The van der Waals surface area contributed by atoms with Gasteiger partial charge in [-0.15, -0.1) is 0 Å². The van der Waals surface area contributed by atoms with Gasteiger partial charge in [-0.3, -0.25) is 4.98 Å². The van der Waals surface area contributed by atoms with Crippen molar-refractivity contribution in [3.8, 4) is 55.8 Å². The number of rotatable bonds is 5. The summed E-state index contributed by atoms with van der Waals surface area (Å²) in [5.74, 6) is 0. The largest absolute Gasteiger partial charge is 0.456 e. The summed E-state index contributed by atoms with van der Waals surface area (Å²) >= 11 is 0. The minimum atomic E-state index is 0.835. The van der Waals surface area contributed by atoms with Gasteiger partial charge in [-0.05, 0) is 86.1 Å². The lowest BCUT2D eigenvalue weighted by Gasteiger charge is -2.11. The Morgan fingerprint density at radius 2 is 0.823 bits per heavy atom. The van der Waals surface area contributed by atoms with Crippen LogP contribution in [0.5, 0.6) is 0 Å². The van der Waals surface area contributed by atoms with Gasteiger partial charge in [0.15, 0.2) is 0 Å². The first kappa shape index (κ1) is 34.5. The van der Waals surface area contributed by atoms with E-state index in [2.05, 4.69) is 182 Å². The number of benzene rings is 10. The van der Waals surface area contributed by atoms with E-state index >= 15 is 0 Å². The van der Waals surface area contributed by atoms with Crippen LogP contribution in [0.4, 0.5) is 0 Å². The van der Waals surface area contributed by atoms with E-state index in [9.17, 15) is 0 Å². The summed E-state index contributed by atoms with van der Waals surface area (Å²) < 4.78 is 12.9. The van der Waals surface area contributed by atoms with Crippen LogP contribution in [0, 0.1) is 0 Å². The standard InChI is InChI=1S/C58H34N2O2/c1-3-19-46-44(17-1)45-18-2-4-20-47(45)56-55(46)59-34-51(60-56)42-16-9-15-41(33-42)40-14-8-13-39(32-40)38-12-7-11-37(31-38)35-25-27-36(28-26-35)43-22-10-23-48-49-29-30-53-54(58(49)62-57(43)48)50-21-5-6-24-52(50)61-53/h1-34H. The Balaban J connectivity index is 0.817. The van der Waals surface area contributed by atoms with E-state index in [4.69, 9.17) is 18.8 Å². The molecule has 0 aliphatic rings. The number of furan rings is 2. The van der Waals surface area contributed by atoms with Crippen LogP contribution < -0.4 is 0 Å². The number of aromatic nitrogens is 2. The molecule has 0 fully saturated rings. The lowest BCUT2D eigenvalue weighted by Crippen LogP contribution is -1.92. The summed E-state index contributed by atoms with van der Waals surface area (Å²) in [5, 5.41) is 8.90. The van der Waals surface area contributed by atoms with E-state index in [-0.39, 0.29) is 0 Å². The third-order valence-electron chi connectivity index (χ3n) is 12.5. The van der Waals surface area contributed by atoms with E-state index in [1.165, 1.54) is 10.8 Å². The number of hydrogen-bond acceptors (Lipinski definition) is 4. The second kappa shape index (κ2) is 13.6. The lowest BCUT2D eigenvalue weighted by molar-refractivity contribution is 0.663. The molecule has 0 amide bonds. The van der Waals surface area contributed by atoms with Crippen LogP contribution in [0.3, 0.4) is 0 Å². The Bertz CT molecular complexity index is 3900. The van der Waals surface area contributed by atoms with Crippen LogP contribution in [0.1, 0.15) is 0 Å². The first-order valence-corrected chi connectivity index (χ1v) is 21.0. The second-order valence-electron chi connectivity index (χ2n) is 16.1. The van der Waals surface area contributed by atoms with Crippen molar-refractivity contribution in [1.29, 1.82) is 0 Å². The average molecular weight is 791 g/mol. The van der Waals surface area contributed by atoms with Crippen LogP contribution in [0.25, 0.3) is 132 Å². The van der Waals surface area contributed by atoms with Crippen molar-refractivity contribution in [2.45, 2.75) is 0 Å². The maximum absolute atomic E-state index is 6.74. The van der Waals surface area contributed by atoms with Gasteiger partial charge in [0, 0.05) is 38.1 Å². The van der Waals surface area contributed by atoms with Crippen LogP contribution >= 0.6 is 0 Å². The van der Waals surface area contributed by atoms with Crippen molar-refractivity contribution in [3.05, 3.63) is 206 Å². The zero-order valence-electron chi connectivity index (χ0n) is 33.3. The molecule has 13 aromatic rings. The highest BCUT2D eigenvalue weighted by molar-refractivity contribution is 6.24. The Labute approximate surface area is 356 Å². The highest BCUT2D eigenvalue weighted by Gasteiger charge is 2.19. The Kier molecular flexibility index (Phi) is 7.57.